The summed E-state index contributed by atoms with van der Waals surface area (Å²) >= 11 is 0. The van der Waals surface area contributed by atoms with E-state index in [1.54, 1.807) is 0 Å². The Morgan fingerprint density at radius 1 is 1.20 bits per heavy atom. The van der Waals surface area contributed by atoms with E-state index in [1.807, 2.05) is 0 Å². The van der Waals surface area contributed by atoms with Crippen LogP contribution in [-0.2, 0) is 0 Å². The van der Waals surface area contributed by atoms with Gasteiger partial charge in [-0.05, 0) is 7.05 Å². The quantitative estimate of drug-likeness (QED) is 0.292. The van der Waals surface area contributed by atoms with Gasteiger partial charge in [0.25, 0.3) is 0 Å². The maximum absolute atomic E-state index is 4.50. The maximum Gasteiger partial charge on any atom is 2.00 e. The van der Waals surface area contributed by atoms with Crippen LogP contribution in [-0.4, -0.2) is 34.3 Å². The zero-order chi connectivity index (χ0) is 2.00. The van der Waals surface area contributed by atoms with Gasteiger partial charge in [0.2, 0.25) is 0 Å². The van der Waals surface area contributed by atoms with Crippen molar-refractivity contribution in [3.05, 3.63) is 0 Å². The van der Waals surface area contributed by atoms with E-state index < -0.39 is 0 Å². The van der Waals surface area contributed by atoms with Crippen LogP contribution in [0.1, 0.15) is 0 Å². The summed E-state index contributed by atoms with van der Waals surface area (Å²) in [6.45, 7) is 0. The summed E-state index contributed by atoms with van der Waals surface area (Å²) in [5.41, 5.74) is 4.50. The number of rotatable bonds is 0. The first-order chi connectivity index (χ1) is 1.00. The van der Waals surface area contributed by atoms with Gasteiger partial charge in [0.05, 0.1) is 0 Å². The van der Waals surface area contributed by atoms with E-state index in [4.69, 9.17) is 0 Å². The fourth-order valence-corrected chi connectivity index (χ4v) is 0. The van der Waals surface area contributed by atoms with Crippen molar-refractivity contribution < 1.29 is 41.0 Å². The monoisotopic (exact) mass is 445 g/mol. The Balaban J connectivity index is -0.00000000167. The Morgan fingerprint density at radius 2 is 1.20 bits per heavy atom. The summed E-state index contributed by atoms with van der Waals surface area (Å²) in [5.74, 6) is 0. The Kier molecular flexibility index (Phi) is 199. The molecule has 0 spiro atoms. The molecule has 0 rings (SSSR count). The van der Waals surface area contributed by atoms with Gasteiger partial charge in [-0.1, -0.05) is 0 Å². The minimum atomic E-state index is 0. The first kappa shape index (κ1) is 27.5. The van der Waals surface area contributed by atoms with Gasteiger partial charge in [0.1, 0.15) is 0 Å². The van der Waals surface area contributed by atoms with Crippen molar-refractivity contribution in [2.75, 3.05) is 7.05 Å². The number of hydrogen-bond acceptors (Lipinski definition) is 1. The van der Waals surface area contributed by atoms with Gasteiger partial charge in [0, 0.05) is 0 Å². The summed E-state index contributed by atoms with van der Waals surface area (Å²) in [4.78, 5) is 0. The summed E-state index contributed by atoms with van der Waals surface area (Å²) < 4.78 is 0. The molecule has 0 aliphatic carbocycles. The van der Waals surface area contributed by atoms with E-state index in [9.17, 15) is 0 Å². The number of nitrogens with two attached hydrogens (primary N) is 1. The third-order valence-corrected chi connectivity index (χ3v) is 0. The Labute approximate surface area is 80.0 Å². The Bertz CT molecular complexity index is 11.6. The SMILES string of the molecule is CN.[Br-].[I-].[Pb+2]. The van der Waals surface area contributed by atoms with Crippen molar-refractivity contribution in [1.29, 1.82) is 0 Å². The number of halogens is 2. The smallest absolute Gasteiger partial charge is 1.00 e. The van der Waals surface area contributed by atoms with Crippen LogP contribution in [0, 0.1) is 0 Å². The Morgan fingerprint density at radius 3 is 1.20 bits per heavy atom. The molecule has 0 aromatic heterocycles. The van der Waals surface area contributed by atoms with E-state index in [2.05, 4.69) is 5.73 Å². The normalized spacial score (nSPS) is 1.20. The summed E-state index contributed by atoms with van der Waals surface area (Å²) in [5, 5.41) is 0. The van der Waals surface area contributed by atoms with Gasteiger partial charge in [-0.3, -0.25) is 0 Å². The Hall–Kier alpha value is 2.09. The van der Waals surface area contributed by atoms with Crippen molar-refractivity contribution in [3.63, 3.8) is 0 Å². The van der Waals surface area contributed by atoms with E-state index in [0.29, 0.717) is 0 Å². The molecule has 0 fully saturated rings. The molecule has 4 heteroatoms. The van der Waals surface area contributed by atoms with Gasteiger partial charge in [-0.2, -0.15) is 0 Å². The molecule has 0 aliphatic rings. The van der Waals surface area contributed by atoms with Gasteiger partial charge in [-0.25, -0.2) is 0 Å². The first-order valence-corrected chi connectivity index (χ1v) is 0.577. The molecule has 0 aliphatic heterocycles. The van der Waals surface area contributed by atoms with Gasteiger partial charge < -0.3 is 46.7 Å². The second kappa shape index (κ2) is 36.1. The third-order valence-electron chi connectivity index (χ3n) is 0. The molecule has 5 heavy (non-hydrogen) atoms. The predicted octanol–water partition coefficient (Wildman–Crippen LogP) is -6.80. The van der Waals surface area contributed by atoms with Crippen LogP contribution in [0.25, 0.3) is 0 Å². The van der Waals surface area contributed by atoms with E-state index in [-0.39, 0.29) is 68.3 Å². The molecule has 0 atom stereocenters. The van der Waals surface area contributed by atoms with Crippen molar-refractivity contribution in [3.8, 4) is 0 Å². The van der Waals surface area contributed by atoms with E-state index >= 15 is 0 Å². The molecule has 0 aromatic rings. The van der Waals surface area contributed by atoms with Crippen LogP contribution in [0.3, 0.4) is 0 Å². The minimum absolute atomic E-state index is 0. The number of hydrogen-bond donors (Lipinski definition) is 1. The average Bonchev–Trinajstić information content (AvgIpc) is 1.00. The molecule has 1 nitrogen and oxygen atoms in total. The molecule has 0 amide bonds. The van der Waals surface area contributed by atoms with E-state index in [0.717, 1.165) is 0 Å². The molecule has 0 saturated carbocycles. The average molecular weight is 445 g/mol. The molecule has 2 N–H and O–H groups in total. The second-order valence-corrected chi connectivity index (χ2v) is 0. The fourth-order valence-electron chi connectivity index (χ4n) is 0. The van der Waals surface area contributed by atoms with Crippen LogP contribution in [0.2, 0.25) is 0 Å². The molecule has 32 valence electrons. The van der Waals surface area contributed by atoms with Crippen molar-refractivity contribution in [2.45, 2.75) is 0 Å². The van der Waals surface area contributed by atoms with Crippen LogP contribution >= 0.6 is 0 Å². The largest absolute Gasteiger partial charge is 2.00 e. The van der Waals surface area contributed by atoms with Crippen molar-refractivity contribution in [2.24, 2.45) is 5.73 Å². The molecular formula is CH5BrINPb. The zero-order valence-electron chi connectivity index (χ0n) is 2.83. The second-order valence-electron chi connectivity index (χ2n) is 0. The van der Waals surface area contributed by atoms with Gasteiger partial charge in [-0.15, -0.1) is 0 Å². The van der Waals surface area contributed by atoms with Crippen LogP contribution in [0.5, 0.6) is 0 Å². The third kappa shape index (κ3) is 23.3. The summed E-state index contributed by atoms with van der Waals surface area (Å²) in [6.07, 6.45) is 0. The summed E-state index contributed by atoms with van der Waals surface area (Å²) in [7, 11) is 1.50. The predicted molar refractivity (Wildman–Crippen MR) is 15.9 cm³/mol. The molecule has 0 saturated heterocycles. The minimum Gasteiger partial charge on any atom is -1.00 e. The summed E-state index contributed by atoms with van der Waals surface area (Å²) in [6, 6.07) is 0. The zero-order valence-corrected chi connectivity index (χ0v) is 10.5. The van der Waals surface area contributed by atoms with Crippen LogP contribution in [0.4, 0.5) is 0 Å². The standard InChI is InChI=1S/CH5N.BrH.HI.Pb/c1-2;;;/h2H2,1H3;2*1H;/q;;;+2/p-2. The van der Waals surface area contributed by atoms with E-state index in [1.165, 1.54) is 7.05 Å². The molecule has 0 aromatic carbocycles. The molecule has 2 radical (unpaired) electrons. The molecule has 0 bridgehead atoms. The molecular weight excluding hydrogens is 440 g/mol. The van der Waals surface area contributed by atoms with Crippen LogP contribution < -0.4 is 46.7 Å². The first-order valence-electron chi connectivity index (χ1n) is 0.577. The molecule has 0 heterocycles. The van der Waals surface area contributed by atoms with Crippen molar-refractivity contribution in [1.82, 2.24) is 0 Å². The molecule has 0 unspecified atom stereocenters. The topological polar surface area (TPSA) is 26.0 Å². The van der Waals surface area contributed by atoms with Crippen LogP contribution in [0.15, 0.2) is 0 Å². The van der Waals surface area contributed by atoms with Gasteiger partial charge >= 0.3 is 27.3 Å². The maximum atomic E-state index is 4.50. The van der Waals surface area contributed by atoms with Gasteiger partial charge in [0.15, 0.2) is 0 Å². The fraction of sp³-hybridized carbons (Fsp3) is 1.00. The van der Waals surface area contributed by atoms with Crippen molar-refractivity contribution >= 4 is 27.3 Å².